The highest BCUT2D eigenvalue weighted by Gasteiger charge is 2.80. The Hall–Kier alpha value is 1.11. The molecule has 17 heavy (non-hydrogen) atoms. The second-order valence-electron chi connectivity index (χ2n) is 4.09. The Bertz CT molecular complexity index is 387. The van der Waals surface area contributed by atoms with Crippen LogP contribution in [0.5, 0.6) is 0 Å². The van der Waals surface area contributed by atoms with Gasteiger partial charge in [0.25, 0.3) is 0 Å². The zero-order valence-corrected chi connectivity index (χ0v) is 13.0. The summed E-state index contributed by atoms with van der Waals surface area (Å²) >= 11 is 31.8. The maximum atomic E-state index is 6.54. The van der Waals surface area contributed by atoms with Gasteiger partial charge in [-0.25, -0.2) is 0 Å². The maximum absolute atomic E-state index is 6.54. The van der Waals surface area contributed by atoms with E-state index in [0.717, 1.165) is 0 Å². The number of halogens is 5. The van der Waals surface area contributed by atoms with Crippen LogP contribution >= 0.6 is 58.0 Å². The molecule has 0 aromatic heterocycles. The van der Waals surface area contributed by atoms with Crippen molar-refractivity contribution < 1.29 is 9.47 Å². The summed E-state index contributed by atoms with van der Waals surface area (Å²) in [5.41, 5.74) is 0. The molecule has 2 aliphatic carbocycles. The second kappa shape index (κ2) is 4.31. The second-order valence-corrected chi connectivity index (χ2v) is 6.62. The Morgan fingerprint density at radius 2 is 1.82 bits per heavy atom. The summed E-state index contributed by atoms with van der Waals surface area (Å²) in [5.74, 6) is 0. The van der Waals surface area contributed by atoms with E-state index >= 15 is 0 Å². The maximum Gasteiger partial charge on any atom is 0.192 e. The average molecular weight is 340 g/mol. The van der Waals surface area contributed by atoms with Crippen LogP contribution in [0.4, 0.5) is 0 Å². The van der Waals surface area contributed by atoms with Crippen molar-refractivity contribution >= 4 is 58.0 Å². The van der Waals surface area contributed by atoms with Gasteiger partial charge in [-0.15, -0.1) is 23.2 Å². The van der Waals surface area contributed by atoms with E-state index in [-0.39, 0.29) is 10.1 Å². The van der Waals surface area contributed by atoms with Gasteiger partial charge in [-0.2, -0.15) is 0 Å². The fraction of sp³-hybridized carbons (Fsp3) is 0.800. The lowest BCUT2D eigenvalue weighted by atomic mass is 10.0. The van der Waals surface area contributed by atoms with Crippen molar-refractivity contribution in [2.45, 2.75) is 34.3 Å². The number of rotatable bonds is 3. The molecular weight excluding hydrogens is 329 g/mol. The van der Waals surface area contributed by atoms with Crippen LogP contribution in [0, 0.1) is 0 Å². The van der Waals surface area contributed by atoms with E-state index in [1.807, 2.05) is 6.92 Å². The Balaban J connectivity index is 2.57. The molecule has 2 nitrogen and oxygen atoms in total. The topological polar surface area (TPSA) is 18.5 Å². The van der Waals surface area contributed by atoms with Gasteiger partial charge >= 0.3 is 0 Å². The van der Waals surface area contributed by atoms with Gasteiger partial charge in [0, 0.05) is 20.1 Å². The van der Waals surface area contributed by atoms with Crippen LogP contribution in [-0.2, 0) is 9.47 Å². The molecule has 1 unspecified atom stereocenters. The highest BCUT2D eigenvalue weighted by atomic mass is 35.5. The van der Waals surface area contributed by atoms with Crippen molar-refractivity contribution in [1.29, 1.82) is 0 Å². The van der Waals surface area contributed by atoms with E-state index in [1.54, 1.807) is 0 Å². The van der Waals surface area contributed by atoms with Gasteiger partial charge in [-0.05, 0) is 6.92 Å². The van der Waals surface area contributed by atoms with Gasteiger partial charge in [0.05, 0.1) is 16.2 Å². The quantitative estimate of drug-likeness (QED) is 0.722. The molecule has 1 fully saturated rings. The van der Waals surface area contributed by atoms with E-state index in [2.05, 4.69) is 0 Å². The number of methoxy groups -OCH3 is 1. The van der Waals surface area contributed by atoms with E-state index in [4.69, 9.17) is 67.5 Å². The fourth-order valence-corrected chi connectivity index (χ4v) is 4.89. The molecule has 0 aliphatic heterocycles. The zero-order chi connectivity index (χ0) is 13.1. The molecule has 2 aliphatic rings. The number of ether oxygens (including phenoxy) is 2. The molecule has 0 aromatic rings. The third kappa shape index (κ3) is 1.44. The van der Waals surface area contributed by atoms with E-state index in [9.17, 15) is 0 Å². The molecule has 2 bridgehead atoms. The van der Waals surface area contributed by atoms with Crippen molar-refractivity contribution in [3.05, 3.63) is 10.1 Å². The smallest absolute Gasteiger partial charge is 0.192 e. The molecule has 7 heteroatoms. The van der Waals surface area contributed by atoms with Crippen molar-refractivity contribution in [1.82, 2.24) is 0 Å². The van der Waals surface area contributed by atoms with E-state index < -0.39 is 20.9 Å². The zero-order valence-electron chi connectivity index (χ0n) is 9.20. The molecule has 0 spiro atoms. The molecule has 0 radical (unpaired) electrons. The van der Waals surface area contributed by atoms with Crippen molar-refractivity contribution in [2.75, 3.05) is 13.7 Å². The summed E-state index contributed by atoms with van der Waals surface area (Å²) in [6, 6.07) is 0. The third-order valence-electron chi connectivity index (χ3n) is 3.40. The minimum absolute atomic E-state index is 0.206. The molecule has 98 valence electrons. The highest BCUT2D eigenvalue weighted by Crippen LogP contribution is 2.71. The lowest BCUT2D eigenvalue weighted by molar-refractivity contribution is 0.00718. The summed E-state index contributed by atoms with van der Waals surface area (Å²) in [6.45, 7) is 2.33. The van der Waals surface area contributed by atoms with Gasteiger partial charge in [0.15, 0.2) is 9.93 Å². The van der Waals surface area contributed by atoms with E-state index in [0.29, 0.717) is 13.0 Å². The third-order valence-corrected chi connectivity index (χ3v) is 6.96. The number of hydrogen-bond acceptors (Lipinski definition) is 2. The van der Waals surface area contributed by atoms with Gasteiger partial charge < -0.3 is 9.47 Å². The first-order valence-electron chi connectivity index (χ1n) is 5.09. The first kappa shape index (κ1) is 14.5. The van der Waals surface area contributed by atoms with E-state index in [1.165, 1.54) is 7.11 Å². The fourth-order valence-electron chi connectivity index (χ4n) is 2.55. The normalized spacial score (nSPS) is 49.2. The molecule has 0 aromatic carbocycles. The average Bonchev–Trinajstić information content (AvgIpc) is 2.54. The lowest BCUT2D eigenvalue weighted by Gasteiger charge is -2.37. The number of hydrogen-bond donors (Lipinski definition) is 0. The summed E-state index contributed by atoms with van der Waals surface area (Å²) in [7, 11) is 1.43. The van der Waals surface area contributed by atoms with Crippen molar-refractivity contribution in [3.63, 3.8) is 0 Å². The van der Waals surface area contributed by atoms with Gasteiger partial charge in [-0.3, -0.25) is 0 Å². The minimum Gasteiger partial charge on any atom is -0.376 e. The predicted molar refractivity (Wildman–Crippen MR) is 71.5 cm³/mol. The summed E-state index contributed by atoms with van der Waals surface area (Å²) in [4.78, 5) is -2.40. The first-order chi connectivity index (χ1) is 7.79. The van der Waals surface area contributed by atoms with Crippen molar-refractivity contribution in [2.24, 2.45) is 0 Å². The van der Waals surface area contributed by atoms with Gasteiger partial charge in [-0.1, -0.05) is 34.8 Å². The summed E-state index contributed by atoms with van der Waals surface area (Å²) < 4.78 is 10.9. The van der Waals surface area contributed by atoms with Gasteiger partial charge in [0.1, 0.15) is 4.87 Å². The monoisotopic (exact) mass is 338 g/mol. The molecule has 4 atom stereocenters. The number of fused-ring (bicyclic) bond motifs is 2. The van der Waals surface area contributed by atoms with Crippen LogP contribution in [0.3, 0.4) is 0 Å². The van der Waals surface area contributed by atoms with Crippen LogP contribution < -0.4 is 0 Å². The Labute approximate surface area is 125 Å². The molecule has 1 saturated carbocycles. The van der Waals surface area contributed by atoms with Crippen LogP contribution in [0.1, 0.15) is 13.3 Å². The predicted octanol–water partition coefficient (Wildman–Crippen LogP) is 4.03. The largest absolute Gasteiger partial charge is 0.376 e. The summed E-state index contributed by atoms with van der Waals surface area (Å²) in [5, 5.41) is -0.960. The Morgan fingerprint density at radius 1 is 1.24 bits per heavy atom. The Kier molecular flexibility index (Phi) is 3.68. The highest BCUT2D eigenvalue weighted by molar-refractivity contribution is 6.56. The number of alkyl halides is 3. The summed E-state index contributed by atoms with van der Waals surface area (Å²) in [6.07, 6.45) is -0.0720. The van der Waals surface area contributed by atoms with Crippen LogP contribution in [0.25, 0.3) is 0 Å². The molecule has 0 heterocycles. The lowest BCUT2D eigenvalue weighted by Crippen LogP contribution is -2.52. The first-order valence-corrected chi connectivity index (χ1v) is 6.98. The molecule has 0 saturated heterocycles. The SMILES string of the molecule is CCOC1C[C@]2(Cl)C(Cl)=C(Cl)[C@@]1(Cl)[C@]2(Cl)OC. The van der Waals surface area contributed by atoms with Crippen LogP contribution in [0.15, 0.2) is 10.1 Å². The molecular formula is C10H11Cl5O2. The van der Waals surface area contributed by atoms with Crippen molar-refractivity contribution in [3.8, 4) is 0 Å². The van der Waals surface area contributed by atoms with Crippen LogP contribution in [0.2, 0.25) is 0 Å². The molecule has 2 rings (SSSR count). The Morgan fingerprint density at radius 3 is 2.24 bits per heavy atom. The molecule has 0 amide bonds. The van der Waals surface area contributed by atoms with Gasteiger partial charge in [0.2, 0.25) is 0 Å². The van der Waals surface area contributed by atoms with Crippen LogP contribution in [-0.4, -0.2) is 34.6 Å². The minimum atomic E-state index is -1.41. The molecule has 0 N–H and O–H groups in total. The standard InChI is InChI=1S/C10H11Cl5O2/c1-3-17-5-4-8(13)6(11)7(12)9(5,14)10(8,15)16-2/h5H,3-4H2,1-2H3/t5?,8-,9+,10+/m0/s1.